The van der Waals surface area contributed by atoms with E-state index in [1.165, 1.54) is 0 Å². The van der Waals surface area contributed by atoms with Crippen LogP contribution in [0.5, 0.6) is 0 Å². The Labute approximate surface area is 109 Å². The Kier molecular flexibility index (Phi) is 7.35. The number of nitrogens with one attached hydrogen (secondary N) is 2. The molecule has 0 aromatic rings. The van der Waals surface area contributed by atoms with Crippen molar-refractivity contribution in [1.82, 2.24) is 15.5 Å². The van der Waals surface area contributed by atoms with Crippen LogP contribution in [0, 0.1) is 5.92 Å². The van der Waals surface area contributed by atoms with Crippen molar-refractivity contribution in [3.8, 4) is 0 Å². The molecule has 0 heterocycles. The second-order valence-electron chi connectivity index (χ2n) is 4.98. The summed E-state index contributed by atoms with van der Waals surface area (Å²) >= 11 is 0. The van der Waals surface area contributed by atoms with Gasteiger partial charge in [0.05, 0.1) is 0 Å². The second-order valence-corrected chi connectivity index (χ2v) is 4.98. The summed E-state index contributed by atoms with van der Waals surface area (Å²) < 4.78 is 0. The lowest BCUT2D eigenvalue weighted by molar-refractivity contribution is -0.140. The van der Waals surface area contributed by atoms with Crippen molar-refractivity contribution in [2.45, 2.75) is 39.3 Å². The molecule has 0 fully saturated rings. The Bertz CT molecular complexity index is 282. The van der Waals surface area contributed by atoms with Crippen molar-refractivity contribution in [3.05, 3.63) is 0 Å². The SMILES string of the molecule is CCC(C)[C@H](NC(=O)NC(C)CN(C)C)C(=O)O. The fourth-order valence-corrected chi connectivity index (χ4v) is 1.68. The molecule has 0 aliphatic heterocycles. The van der Waals surface area contributed by atoms with Crippen LogP contribution in [0.15, 0.2) is 0 Å². The maximum atomic E-state index is 11.7. The highest BCUT2D eigenvalue weighted by Gasteiger charge is 2.25. The molecule has 106 valence electrons. The molecule has 18 heavy (non-hydrogen) atoms. The Morgan fingerprint density at radius 3 is 2.17 bits per heavy atom. The number of urea groups is 1. The van der Waals surface area contributed by atoms with Gasteiger partial charge in [-0.15, -0.1) is 0 Å². The molecular formula is C12H25N3O3. The van der Waals surface area contributed by atoms with E-state index in [4.69, 9.17) is 5.11 Å². The average molecular weight is 259 g/mol. The second kappa shape index (κ2) is 7.92. The topological polar surface area (TPSA) is 81.7 Å². The van der Waals surface area contributed by atoms with E-state index in [0.717, 1.165) is 0 Å². The van der Waals surface area contributed by atoms with Gasteiger partial charge >= 0.3 is 12.0 Å². The third kappa shape index (κ3) is 6.44. The molecule has 0 radical (unpaired) electrons. The quantitative estimate of drug-likeness (QED) is 0.629. The van der Waals surface area contributed by atoms with Gasteiger partial charge in [-0.1, -0.05) is 20.3 Å². The molecule has 0 aliphatic carbocycles. The summed E-state index contributed by atoms with van der Waals surface area (Å²) in [6, 6.07) is -1.31. The molecule has 6 nitrogen and oxygen atoms in total. The predicted octanol–water partition coefficient (Wildman–Crippen LogP) is 0.735. The molecule has 0 aliphatic rings. The van der Waals surface area contributed by atoms with Crippen LogP contribution in [0.3, 0.4) is 0 Å². The van der Waals surface area contributed by atoms with Crippen LogP contribution in [0.4, 0.5) is 4.79 Å². The summed E-state index contributed by atoms with van der Waals surface area (Å²) in [5.41, 5.74) is 0. The number of hydrogen-bond donors (Lipinski definition) is 3. The minimum absolute atomic E-state index is 0.0358. The van der Waals surface area contributed by atoms with Gasteiger partial charge in [-0.2, -0.15) is 0 Å². The van der Waals surface area contributed by atoms with Crippen LogP contribution < -0.4 is 10.6 Å². The molecule has 0 bridgehead atoms. The van der Waals surface area contributed by atoms with Crippen LogP contribution in [0.2, 0.25) is 0 Å². The fourth-order valence-electron chi connectivity index (χ4n) is 1.68. The maximum absolute atomic E-state index is 11.7. The Morgan fingerprint density at radius 1 is 1.22 bits per heavy atom. The summed E-state index contributed by atoms with van der Waals surface area (Å²) in [5, 5.41) is 14.3. The van der Waals surface area contributed by atoms with Crippen molar-refractivity contribution < 1.29 is 14.7 Å². The first kappa shape index (κ1) is 16.7. The van der Waals surface area contributed by atoms with Gasteiger partial charge in [0.1, 0.15) is 6.04 Å². The summed E-state index contributed by atoms with van der Waals surface area (Å²) in [5.74, 6) is -1.10. The minimum atomic E-state index is -1.00. The molecule has 3 N–H and O–H groups in total. The van der Waals surface area contributed by atoms with E-state index in [0.29, 0.717) is 13.0 Å². The first-order valence-corrected chi connectivity index (χ1v) is 6.22. The highest BCUT2D eigenvalue weighted by molar-refractivity contribution is 5.82. The molecule has 2 amide bonds. The number of aliphatic carboxylic acids is 1. The largest absolute Gasteiger partial charge is 0.480 e. The number of carboxylic acids is 1. The molecule has 0 rings (SSSR count). The monoisotopic (exact) mass is 259 g/mol. The van der Waals surface area contributed by atoms with Crippen molar-refractivity contribution in [3.63, 3.8) is 0 Å². The van der Waals surface area contributed by atoms with Crippen LogP contribution in [-0.2, 0) is 4.79 Å². The average Bonchev–Trinajstić information content (AvgIpc) is 2.23. The van der Waals surface area contributed by atoms with Gasteiger partial charge in [0.2, 0.25) is 0 Å². The zero-order chi connectivity index (χ0) is 14.3. The minimum Gasteiger partial charge on any atom is -0.480 e. The molecule has 0 spiro atoms. The zero-order valence-corrected chi connectivity index (χ0v) is 11.9. The number of carbonyl (C=O) groups is 2. The lowest BCUT2D eigenvalue weighted by Gasteiger charge is -2.23. The molecule has 6 heteroatoms. The number of nitrogens with zero attached hydrogens (tertiary/aromatic N) is 1. The Morgan fingerprint density at radius 2 is 1.78 bits per heavy atom. The number of rotatable bonds is 7. The third-order valence-corrected chi connectivity index (χ3v) is 2.78. The number of carboxylic acid groups (broad SMARTS) is 1. The van der Waals surface area contributed by atoms with Gasteiger partial charge in [-0.3, -0.25) is 0 Å². The van der Waals surface area contributed by atoms with Gasteiger partial charge in [0.15, 0.2) is 0 Å². The maximum Gasteiger partial charge on any atom is 0.326 e. The van der Waals surface area contributed by atoms with E-state index in [1.54, 1.807) is 0 Å². The van der Waals surface area contributed by atoms with Crippen molar-refractivity contribution in [2.75, 3.05) is 20.6 Å². The van der Waals surface area contributed by atoms with Gasteiger partial charge in [-0.25, -0.2) is 9.59 Å². The summed E-state index contributed by atoms with van der Waals surface area (Å²) in [6.45, 7) is 6.28. The van der Waals surface area contributed by atoms with Crippen LogP contribution in [-0.4, -0.2) is 54.7 Å². The van der Waals surface area contributed by atoms with E-state index < -0.39 is 18.0 Å². The molecule has 0 saturated heterocycles. The fraction of sp³-hybridized carbons (Fsp3) is 0.833. The molecule has 2 unspecified atom stereocenters. The first-order valence-electron chi connectivity index (χ1n) is 6.22. The number of hydrogen-bond acceptors (Lipinski definition) is 3. The standard InChI is InChI=1S/C12H25N3O3/c1-6-8(2)10(11(16)17)14-12(18)13-9(3)7-15(4)5/h8-10H,6-7H2,1-5H3,(H,16,17)(H2,13,14,18)/t8?,9?,10-/m0/s1. The molecule has 0 aromatic carbocycles. The lowest BCUT2D eigenvalue weighted by atomic mass is 9.99. The van der Waals surface area contributed by atoms with Crippen LogP contribution in [0.1, 0.15) is 27.2 Å². The van der Waals surface area contributed by atoms with E-state index in [2.05, 4.69) is 10.6 Å². The first-order chi connectivity index (χ1) is 8.27. The summed E-state index contributed by atoms with van der Waals surface area (Å²) in [7, 11) is 3.82. The van der Waals surface area contributed by atoms with Crippen molar-refractivity contribution in [2.24, 2.45) is 5.92 Å². The lowest BCUT2D eigenvalue weighted by Crippen LogP contribution is -2.52. The molecule has 0 saturated carbocycles. The molecular weight excluding hydrogens is 234 g/mol. The van der Waals surface area contributed by atoms with Crippen molar-refractivity contribution in [1.29, 1.82) is 0 Å². The van der Waals surface area contributed by atoms with E-state index >= 15 is 0 Å². The van der Waals surface area contributed by atoms with Crippen LogP contribution in [0.25, 0.3) is 0 Å². The summed E-state index contributed by atoms with van der Waals surface area (Å²) in [6.07, 6.45) is 0.699. The van der Waals surface area contributed by atoms with Gasteiger partial charge < -0.3 is 20.6 Å². The van der Waals surface area contributed by atoms with E-state index in [-0.39, 0.29) is 12.0 Å². The van der Waals surface area contributed by atoms with E-state index in [1.807, 2.05) is 39.8 Å². The van der Waals surface area contributed by atoms with Gasteiger partial charge in [0, 0.05) is 12.6 Å². The normalized spacial score (nSPS) is 15.9. The highest BCUT2D eigenvalue weighted by Crippen LogP contribution is 2.07. The third-order valence-electron chi connectivity index (χ3n) is 2.78. The smallest absolute Gasteiger partial charge is 0.326 e. The van der Waals surface area contributed by atoms with Crippen molar-refractivity contribution >= 4 is 12.0 Å². The number of likely N-dealkylation sites (N-methyl/N-ethyl adjacent to an activating group) is 1. The number of amides is 2. The highest BCUT2D eigenvalue weighted by atomic mass is 16.4. The summed E-state index contributed by atoms with van der Waals surface area (Å²) in [4.78, 5) is 24.7. The number of carbonyl (C=O) groups excluding carboxylic acids is 1. The Balaban J connectivity index is 4.30. The molecule has 0 aromatic heterocycles. The predicted molar refractivity (Wildman–Crippen MR) is 70.6 cm³/mol. The molecule has 3 atom stereocenters. The zero-order valence-electron chi connectivity index (χ0n) is 11.9. The van der Waals surface area contributed by atoms with Crippen LogP contribution >= 0.6 is 0 Å². The van der Waals surface area contributed by atoms with Gasteiger partial charge in [0.25, 0.3) is 0 Å². The van der Waals surface area contributed by atoms with E-state index in [9.17, 15) is 9.59 Å². The van der Waals surface area contributed by atoms with Gasteiger partial charge in [-0.05, 0) is 26.9 Å². The Hall–Kier alpha value is -1.30.